The van der Waals surface area contributed by atoms with E-state index < -0.39 is 4.92 Å². The first kappa shape index (κ1) is 14.9. The molecule has 7 nitrogen and oxygen atoms in total. The van der Waals surface area contributed by atoms with Crippen molar-refractivity contribution < 1.29 is 14.1 Å². The highest BCUT2D eigenvalue weighted by molar-refractivity contribution is 9.10. The van der Waals surface area contributed by atoms with E-state index in [-0.39, 0.29) is 24.0 Å². The van der Waals surface area contributed by atoms with Gasteiger partial charge >= 0.3 is 5.88 Å². The van der Waals surface area contributed by atoms with E-state index in [2.05, 4.69) is 26.5 Å². The molecule has 0 saturated carbocycles. The molecule has 1 N–H and O–H groups in total. The number of hydrogen-bond donors (Lipinski definition) is 1. The first-order valence-corrected chi connectivity index (χ1v) is 6.64. The van der Waals surface area contributed by atoms with Crippen LogP contribution in [0.4, 0.5) is 5.88 Å². The first-order valence-electron chi connectivity index (χ1n) is 5.85. The highest BCUT2D eigenvalue weighted by Crippen LogP contribution is 2.13. The molecule has 1 aromatic carbocycles. The Bertz CT molecular complexity index is 679. The topological polar surface area (TPSA) is 97.7 Å². The molecular weight excluding hydrogens is 342 g/mol. The summed E-state index contributed by atoms with van der Waals surface area (Å²) in [5.41, 5.74) is 3.17. The summed E-state index contributed by atoms with van der Waals surface area (Å²) >= 11 is 3.31. The smallest absolute Gasteiger partial charge is 0.400 e. The van der Waals surface area contributed by atoms with Gasteiger partial charge in [0.2, 0.25) is 5.91 Å². The number of furan rings is 1. The minimum atomic E-state index is -0.649. The molecule has 1 heterocycles. The van der Waals surface area contributed by atoms with Gasteiger partial charge in [0.05, 0.1) is 18.7 Å². The highest BCUT2D eigenvalue weighted by atomic mass is 79.9. The zero-order chi connectivity index (χ0) is 15.2. The molecule has 0 fully saturated rings. The number of halogens is 1. The summed E-state index contributed by atoms with van der Waals surface area (Å²) in [4.78, 5) is 21.4. The highest BCUT2D eigenvalue weighted by Gasteiger charge is 2.10. The standard InChI is InChI=1S/C13H10BrN3O4/c14-10-3-1-9(2-4-10)7-12(18)16-15-8-11-5-6-13(21-11)17(19)20/h1-6,8H,7H2,(H,16,18)/b15-8+. The van der Waals surface area contributed by atoms with Crippen LogP contribution in [-0.2, 0) is 11.2 Å². The Morgan fingerprint density at radius 2 is 2.05 bits per heavy atom. The average molecular weight is 352 g/mol. The van der Waals surface area contributed by atoms with Crippen LogP contribution in [0.1, 0.15) is 11.3 Å². The van der Waals surface area contributed by atoms with Gasteiger partial charge in [-0.25, -0.2) is 5.43 Å². The lowest BCUT2D eigenvalue weighted by Gasteiger charge is -2.00. The van der Waals surface area contributed by atoms with E-state index in [0.717, 1.165) is 10.0 Å². The summed E-state index contributed by atoms with van der Waals surface area (Å²) < 4.78 is 5.79. The van der Waals surface area contributed by atoms with Crippen LogP contribution < -0.4 is 5.43 Å². The quantitative estimate of drug-likeness (QED) is 0.508. The zero-order valence-corrected chi connectivity index (χ0v) is 12.2. The zero-order valence-electron chi connectivity index (χ0n) is 10.7. The number of hydrogen-bond acceptors (Lipinski definition) is 5. The molecule has 2 aromatic rings. The fourth-order valence-electron chi connectivity index (χ4n) is 1.50. The van der Waals surface area contributed by atoms with E-state index in [0.29, 0.717) is 0 Å². The predicted molar refractivity (Wildman–Crippen MR) is 78.9 cm³/mol. The molecule has 2 rings (SSSR count). The summed E-state index contributed by atoms with van der Waals surface area (Å²) in [6.07, 6.45) is 1.38. The third-order valence-electron chi connectivity index (χ3n) is 2.45. The Labute approximate surface area is 127 Å². The number of nitrogens with zero attached hydrogens (tertiary/aromatic N) is 2. The largest absolute Gasteiger partial charge is 0.433 e. The summed E-state index contributed by atoms with van der Waals surface area (Å²) in [5.74, 6) is -0.488. The van der Waals surface area contributed by atoms with Gasteiger partial charge in [0.1, 0.15) is 4.92 Å². The third kappa shape index (κ3) is 4.53. The van der Waals surface area contributed by atoms with Gasteiger partial charge in [0.25, 0.3) is 0 Å². The number of nitro groups is 1. The molecule has 0 aliphatic carbocycles. The van der Waals surface area contributed by atoms with Crippen LogP contribution in [0.25, 0.3) is 0 Å². The minimum Gasteiger partial charge on any atom is -0.400 e. The van der Waals surface area contributed by atoms with Crippen LogP contribution in [0.3, 0.4) is 0 Å². The monoisotopic (exact) mass is 351 g/mol. The molecule has 108 valence electrons. The Morgan fingerprint density at radius 3 is 2.67 bits per heavy atom. The van der Waals surface area contributed by atoms with Gasteiger partial charge in [-0.05, 0) is 23.8 Å². The summed E-state index contributed by atoms with van der Waals surface area (Å²) in [6, 6.07) is 9.93. The molecule has 0 spiro atoms. The summed E-state index contributed by atoms with van der Waals surface area (Å²) in [7, 11) is 0. The van der Waals surface area contributed by atoms with E-state index in [9.17, 15) is 14.9 Å². The number of nitrogens with one attached hydrogen (secondary N) is 1. The minimum absolute atomic E-state index is 0.183. The number of carbonyl (C=O) groups excluding carboxylic acids is 1. The van der Waals surface area contributed by atoms with E-state index >= 15 is 0 Å². The molecule has 0 aliphatic heterocycles. The van der Waals surface area contributed by atoms with Crippen LogP contribution in [0.2, 0.25) is 0 Å². The van der Waals surface area contributed by atoms with Crippen molar-refractivity contribution in [3.8, 4) is 0 Å². The van der Waals surface area contributed by atoms with E-state index in [1.165, 1.54) is 18.3 Å². The number of amides is 1. The third-order valence-corrected chi connectivity index (χ3v) is 2.98. The van der Waals surface area contributed by atoms with E-state index in [1.807, 2.05) is 24.3 Å². The van der Waals surface area contributed by atoms with Crippen molar-refractivity contribution in [2.75, 3.05) is 0 Å². The van der Waals surface area contributed by atoms with Gasteiger partial charge < -0.3 is 4.42 Å². The van der Waals surface area contributed by atoms with Gasteiger partial charge in [0, 0.05) is 4.47 Å². The molecule has 0 saturated heterocycles. The lowest BCUT2D eigenvalue weighted by Crippen LogP contribution is -2.19. The van der Waals surface area contributed by atoms with Crippen molar-refractivity contribution in [1.82, 2.24) is 5.43 Å². The molecule has 0 radical (unpaired) electrons. The average Bonchev–Trinajstić information content (AvgIpc) is 2.90. The lowest BCUT2D eigenvalue weighted by atomic mass is 10.1. The normalized spacial score (nSPS) is 10.7. The summed E-state index contributed by atoms with van der Waals surface area (Å²) in [6.45, 7) is 0. The first-order chi connectivity index (χ1) is 10.0. The molecule has 21 heavy (non-hydrogen) atoms. The maximum atomic E-state index is 11.6. The van der Waals surface area contributed by atoms with Crippen LogP contribution in [-0.4, -0.2) is 17.0 Å². The molecular formula is C13H10BrN3O4. The van der Waals surface area contributed by atoms with Crippen LogP contribution >= 0.6 is 15.9 Å². The van der Waals surface area contributed by atoms with Crippen LogP contribution in [0.15, 0.2) is 50.4 Å². The molecule has 0 aliphatic rings. The van der Waals surface area contributed by atoms with Crippen molar-refractivity contribution in [2.45, 2.75) is 6.42 Å². The van der Waals surface area contributed by atoms with Crippen molar-refractivity contribution in [2.24, 2.45) is 5.10 Å². The Hall–Kier alpha value is -2.48. The molecule has 0 unspecified atom stereocenters. The maximum absolute atomic E-state index is 11.6. The number of carbonyl (C=O) groups is 1. The van der Waals surface area contributed by atoms with Gasteiger partial charge in [-0.15, -0.1) is 0 Å². The van der Waals surface area contributed by atoms with Crippen molar-refractivity contribution in [3.05, 3.63) is 62.3 Å². The number of hydrazone groups is 1. The van der Waals surface area contributed by atoms with Gasteiger partial charge in [0.15, 0.2) is 5.76 Å². The van der Waals surface area contributed by atoms with Gasteiger partial charge in [-0.1, -0.05) is 28.1 Å². The second kappa shape index (κ2) is 6.80. The van der Waals surface area contributed by atoms with Crippen LogP contribution in [0.5, 0.6) is 0 Å². The molecule has 1 amide bonds. The predicted octanol–water partition coefficient (Wildman–Crippen LogP) is 2.64. The number of rotatable bonds is 5. The fourth-order valence-corrected chi connectivity index (χ4v) is 1.77. The van der Waals surface area contributed by atoms with Crippen LogP contribution in [0, 0.1) is 10.1 Å². The Balaban J connectivity index is 1.86. The molecule has 1 aromatic heterocycles. The Kier molecular flexibility index (Phi) is 4.83. The van der Waals surface area contributed by atoms with Crippen molar-refractivity contribution in [1.29, 1.82) is 0 Å². The van der Waals surface area contributed by atoms with Gasteiger partial charge in [-0.3, -0.25) is 14.9 Å². The second-order valence-corrected chi connectivity index (χ2v) is 4.95. The van der Waals surface area contributed by atoms with Crippen molar-refractivity contribution in [3.63, 3.8) is 0 Å². The molecule has 0 atom stereocenters. The Morgan fingerprint density at radius 1 is 1.33 bits per heavy atom. The maximum Gasteiger partial charge on any atom is 0.433 e. The lowest BCUT2D eigenvalue weighted by molar-refractivity contribution is -0.402. The summed E-state index contributed by atoms with van der Waals surface area (Å²) in [5, 5.41) is 14.1. The molecule has 8 heteroatoms. The molecule has 0 bridgehead atoms. The van der Waals surface area contributed by atoms with Crippen molar-refractivity contribution >= 4 is 33.9 Å². The number of benzene rings is 1. The second-order valence-electron chi connectivity index (χ2n) is 4.03. The van der Waals surface area contributed by atoms with Gasteiger partial charge in [-0.2, -0.15) is 5.10 Å². The van der Waals surface area contributed by atoms with E-state index in [4.69, 9.17) is 4.42 Å². The fraction of sp³-hybridized carbons (Fsp3) is 0.0769. The SMILES string of the molecule is O=C(Cc1ccc(Br)cc1)N/N=C/c1ccc([N+](=O)[O-])o1. The van der Waals surface area contributed by atoms with E-state index in [1.54, 1.807) is 0 Å².